The lowest BCUT2D eigenvalue weighted by molar-refractivity contribution is -0.122. The van der Waals surface area contributed by atoms with Crippen molar-refractivity contribution in [3.05, 3.63) is 53.6 Å². The summed E-state index contributed by atoms with van der Waals surface area (Å²) < 4.78 is 5.80. The van der Waals surface area contributed by atoms with Crippen LogP contribution in [0.4, 0.5) is 11.4 Å². The number of halogens is 1. The topological polar surface area (TPSA) is 41.6 Å². The Balaban J connectivity index is 1.61. The van der Waals surface area contributed by atoms with E-state index in [2.05, 4.69) is 22.3 Å². The third-order valence-corrected chi connectivity index (χ3v) is 4.94. The number of piperidine rings is 1. The smallest absolute Gasteiger partial charge is 0.265 e. The number of rotatable bonds is 6. The molecule has 0 saturated carbocycles. The highest BCUT2D eigenvalue weighted by atomic mass is 35.5. The van der Waals surface area contributed by atoms with E-state index in [0.717, 1.165) is 18.8 Å². The first kappa shape index (κ1) is 18.6. The summed E-state index contributed by atoms with van der Waals surface area (Å²) in [6.45, 7) is 4.13. The zero-order valence-corrected chi connectivity index (χ0v) is 15.8. The number of para-hydroxylation sites is 1. The number of nitrogens with zero attached hydrogens (tertiary/aromatic N) is 1. The monoisotopic (exact) mass is 372 g/mol. The SMILES string of the molecule is CC[C@@H](Oc1ccccc1Cl)C(=O)Nc1ccc(N2CCCCC2)cc1. The lowest BCUT2D eigenvalue weighted by Crippen LogP contribution is -2.32. The molecule has 0 unspecified atom stereocenters. The van der Waals surface area contributed by atoms with Gasteiger partial charge in [0.2, 0.25) is 0 Å². The van der Waals surface area contributed by atoms with Crippen molar-refractivity contribution in [2.45, 2.75) is 38.7 Å². The van der Waals surface area contributed by atoms with E-state index in [0.29, 0.717) is 17.2 Å². The minimum atomic E-state index is -0.586. The summed E-state index contributed by atoms with van der Waals surface area (Å²) in [5, 5.41) is 3.44. The Hall–Kier alpha value is -2.20. The van der Waals surface area contributed by atoms with Crippen LogP contribution < -0.4 is 15.0 Å². The molecule has 1 fully saturated rings. The molecule has 0 aliphatic carbocycles. The Labute approximate surface area is 160 Å². The minimum Gasteiger partial charge on any atom is -0.479 e. The predicted molar refractivity (Wildman–Crippen MR) is 107 cm³/mol. The maximum atomic E-state index is 12.6. The summed E-state index contributed by atoms with van der Waals surface area (Å²) in [6, 6.07) is 15.2. The molecule has 1 amide bonds. The molecular formula is C21H25ClN2O2. The number of amides is 1. The van der Waals surface area contributed by atoms with E-state index in [1.165, 1.54) is 24.9 Å². The third-order valence-electron chi connectivity index (χ3n) is 4.63. The molecule has 1 saturated heterocycles. The molecule has 0 bridgehead atoms. The molecule has 1 heterocycles. The van der Waals surface area contributed by atoms with Crippen LogP contribution in [0.2, 0.25) is 5.02 Å². The van der Waals surface area contributed by atoms with Crippen LogP contribution in [0, 0.1) is 0 Å². The van der Waals surface area contributed by atoms with Gasteiger partial charge in [0.05, 0.1) is 5.02 Å². The van der Waals surface area contributed by atoms with Crippen molar-refractivity contribution in [1.82, 2.24) is 0 Å². The van der Waals surface area contributed by atoms with E-state index in [1.54, 1.807) is 12.1 Å². The van der Waals surface area contributed by atoms with Gasteiger partial charge in [0.25, 0.3) is 5.91 Å². The Morgan fingerprint density at radius 3 is 2.46 bits per heavy atom. The zero-order valence-electron chi connectivity index (χ0n) is 15.1. The first-order chi connectivity index (χ1) is 12.7. The van der Waals surface area contributed by atoms with Crippen molar-refractivity contribution < 1.29 is 9.53 Å². The normalized spacial score (nSPS) is 15.4. The van der Waals surface area contributed by atoms with Gasteiger partial charge in [-0.25, -0.2) is 0 Å². The summed E-state index contributed by atoms with van der Waals surface area (Å²) in [6.07, 6.45) is 3.78. The highest BCUT2D eigenvalue weighted by Crippen LogP contribution is 2.26. The van der Waals surface area contributed by atoms with Crippen molar-refractivity contribution >= 4 is 28.9 Å². The van der Waals surface area contributed by atoms with Gasteiger partial charge < -0.3 is 15.0 Å². The van der Waals surface area contributed by atoms with Crippen LogP contribution in [0.3, 0.4) is 0 Å². The fourth-order valence-electron chi connectivity index (χ4n) is 3.15. The molecule has 5 heteroatoms. The van der Waals surface area contributed by atoms with Gasteiger partial charge in [0.1, 0.15) is 5.75 Å². The lowest BCUT2D eigenvalue weighted by atomic mass is 10.1. The average molecular weight is 373 g/mol. The van der Waals surface area contributed by atoms with Gasteiger partial charge in [-0.1, -0.05) is 30.7 Å². The number of benzene rings is 2. The molecule has 0 aromatic heterocycles. The van der Waals surface area contributed by atoms with E-state index in [-0.39, 0.29) is 5.91 Å². The van der Waals surface area contributed by atoms with E-state index < -0.39 is 6.10 Å². The predicted octanol–water partition coefficient (Wildman–Crippen LogP) is 5.13. The number of hydrogen-bond acceptors (Lipinski definition) is 3. The minimum absolute atomic E-state index is 0.168. The molecular weight excluding hydrogens is 348 g/mol. The van der Waals surface area contributed by atoms with Crippen molar-refractivity contribution in [3.63, 3.8) is 0 Å². The molecule has 1 N–H and O–H groups in total. The van der Waals surface area contributed by atoms with Crippen molar-refractivity contribution in [2.24, 2.45) is 0 Å². The van der Waals surface area contributed by atoms with Gasteiger partial charge in [-0.15, -0.1) is 0 Å². The molecule has 0 radical (unpaired) electrons. The van der Waals surface area contributed by atoms with E-state index in [1.807, 2.05) is 31.2 Å². The molecule has 26 heavy (non-hydrogen) atoms. The number of carbonyl (C=O) groups is 1. The van der Waals surface area contributed by atoms with Crippen LogP contribution in [0.15, 0.2) is 48.5 Å². The molecule has 4 nitrogen and oxygen atoms in total. The second-order valence-corrected chi connectivity index (χ2v) is 6.94. The number of hydrogen-bond donors (Lipinski definition) is 1. The quantitative estimate of drug-likeness (QED) is 0.764. The number of anilines is 2. The molecule has 138 valence electrons. The van der Waals surface area contributed by atoms with Gasteiger partial charge in [0.15, 0.2) is 6.10 Å². The fourth-order valence-corrected chi connectivity index (χ4v) is 3.33. The Morgan fingerprint density at radius 2 is 1.81 bits per heavy atom. The van der Waals surface area contributed by atoms with Crippen LogP contribution >= 0.6 is 11.6 Å². The van der Waals surface area contributed by atoms with Crippen LogP contribution in [0.1, 0.15) is 32.6 Å². The molecule has 1 aliphatic heterocycles. The second kappa shape index (κ2) is 8.95. The van der Waals surface area contributed by atoms with E-state index in [9.17, 15) is 4.79 Å². The van der Waals surface area contributed by atoms with Gasteiger partial charge in [0, 0.05) is 24.5 Å². The van der Waals surface area contributed by atoms with Crippen molar-refractivity contribution in [2.75, 3.05) is 23.3 Å². The molecule has 3 rings (SSSR count). The summed E-state index contributed by atoms with van der Waals surface area (Å²) >= 11 is 6.12. The van der Waals surface area contributed by atoms with Gasteiger partial charge in [-0.2, -0.15) is 0 Å². The zero-order chi connectivity index (χ0) is 18.4. The second-order valence-electron chi connectivity index (χ2n) is 6.53. The summed E-state index contributed by atoms with van der Waals surface area (Å²) in [5.41, 5.74) is 1.99. The molecule has 2 aromatic carbocycles. The van der Waals surface area contributed by atoms with Crippen molar-refractivity contribution in [1.29, 1.82) is 0 Å². The summed E-state index contributed by atoms with van der Waals surface area (Å²) in [4.78, 5) is 14.9. The van der Waals surface area contributed by atoms with E-state index >= 15 is 0 Å². The summed E-state index contributed by atoms with van der Waals surface area (Å²) in [7, 11) is 0. The standard InChI is InChI=1S/C21H25ClN2O2/c1-2-19(26-20-9-5-4-8-18(20)22)21(25)23-16-10-12-17(13-11-16)24-14-6-3-7-15-24/h4-5,8-13,19H,2-3,6-7,14-15H2,1H3,(H,23,25)/t19-/m1/s1. The Bertz CT molecular complexity index is 727. The highest BCUT2D eigenvalue weighted by Gasteiger charge is 2.20. The number of carbonyl (C=O) groups excluding carboxylic acids is 1. The largest absolute Gasteiger partial charge is 0.479 e. The van der Waals surface area contributed by atoms with Crippen LogP contribution in [0.5, 0.6) is 5.75 Å². The first-order valence-electron chi connectivity index (χ1n) is 9.24. The molecule has 1 aliphatic rings. The molecule has 2 aromatic rings. The van der Waals surface area contributed by atoms with E-state index in [4.69, 9.17) is 16.3 Å². The maximum Gasteiger partial charge on any atom is 0.265 e. The number of ether oxygens (including phenoxy) is 1. The van der Waals surface area contributed by atoms with Crippen LogP contribution in [0.25, 0.3) is 0 Å². The lowest BCUT2D eigenvalue weighted by Gasteiger charge is -2.29. The molecule has 0 spiro atoms. The first-order valence-corrected chi connectivity index (χ1v) is 9.62. The van der Waals surface area contributed by atoms with Crippen molar-refractivity contribution in [3.8, 4) is 5.75 Å². The Morgan fingerprint density at radius 1 is 1.12 bits per heavy atom. The highest BCUT2D eigenvalue weighted by molar-refractivity contribution is 6.32. The Kier molecular flexibility index (Phi) is 6.40. The van der Waals surface area contributed by atoms with Crippen LogP contribution in [-0.2, 0) is 4.79 Å². The average Bonchev–Trinajstić information content (AvgIpc) is 2.68. The number of nitrogens with one attached hydrogen (secondary N) is 1. The molecule has 1 atom stereocenters. The fraction of sp³-hybridized carbons (Fsp3) is 0.381. The third kappa shape index (κ3) is 4.70. The maximum absolute atomic E-state index is 12.6. The van der Waals surface area contributed by atoms with Gasteiger partial charge in [-0.05, 0) is 62.1 Å². The van der Waals surface area contributed by atoms with Gasteiger partial charge in [-0.3, -0.25) is 4.79 Å². The van der Waals surface area contributed by atoms with Gasteiger partial charge >= 0.3 is 0 Å². The van der Waals surface area contributed by atoms with Crippen LogP contribution in [-0.4, -0.2) is 25.1 Å². The summed E-state index contributed by atoms with van der Waals surface area (Å²) in [5.74, 6) is 0.356.